The monoisotopic (exact) mass is 240 g/mol. The Morgan fingerprint density at radius 1 is 0.800 bits per heavy atom. The van der Waals surface area contributed by atoms with Gasteiger partial charge in [0.25, 0.3) is 0 Å². The first kappa shape index (κ1) is 22.7. The molecule has 10 heteroatoms. The summed E-state index contributed by atoms with van der Waals surface area (Å²) >= 11 is 0. The summed E-state index contributed by atoms with van der Waals surface area (Å²) in [5.41, 5.74) is 0. The number of hydrogen-bond donors (Lipinski definition) is 0. The summed E-state index contributed by atoms with van der Waals surface area (Å²) in [6, 6.07) is 0. The molecule has 51 valence electrons. The zero-order valence-electron chi connectivity index (χ0n) is 4.46. The van der Waals surface area contributed by atoms with E-state index < -0.39 is 10.2 Å². The van der Waals surface area contributed by atoms with Gasteiger partial charge in [-0.05, 0) is 0 Å². The van der Waals surface area contributed by atoms with E-state index in [1.54, 1.807) is 0 Å². The molecule has 0 saturated heterocycles. The van der Waals surface area contributed by atoms with Crippen molar-refractivity contribution in [2.24, 2.45) is 0 Å². The molecule has 0 aromatic carbocycles. The van der Waals surface area contributed by atoms with Gasteiger partial charge < -0.3 is 30.6 Å². The minimum atomic E-state index is -1.75. The largest absolute Gasteiger partial charge is 3.00 e. The van der Waals surface area contributed by atoms with Crippen LogP contribution in [0.1, 0.15) is 0 Å². The van der Waals surface area contributed by atoms with Crippen molar-refractivity contribution in [2.45, 2.75) is 0 Å². The predicted molar refractivity (Wildman–Crippen MR) is 20.7 cm³/mol. The van der Waals surface area contributed by atoms with Crippen molar-refractivity contribution in [3.05, 3.63) is 30.6 Å². The molecule has 0 N–H and O–H groups in total. The molecule has 0 aliphatic rings. The fourth-order valence-electron chi connectivity index (χ4n) is 0. The van der Waals surface area contributed by atoms with Crippen LogP contribution in [0.15, 0.2) is 0 Å². The average Bonchev–Trinajstić information content (AvgIpc) is 1.25. The van der Waals surface area contributed by atoms with Gasteiger partial charge in [0, 0.05) is 0 Å². The van der Waals surface area contributed by atoms with Gasteiger partial charge in [0.15, 0.2) is 0 Å². The molecule has 0 amide bonds. The average molecular weight is 241 g/mol. The SMILES string of the molecule is O=[N+]([O-])[O-].O=[N+]([O-])[O-].[Cr+3].[Zn+2]. The van der Waals surface area contributed by atoms with Crippen molar-refractivity contribution >= 4 is 0 Å². The molecule has 10 heavy (non-hydrogen) atoms. The number of nitrogens with zero attached hydrogens (tertiary/aromatic N) is 2. The zero-order valence-corrected chi connectivity index (χ0v) is 8.70. The van der Waals surface area contributed by atoms with E-state index in [9.17, 15) is 0 Å². The van der Waals surface area contributed by atoms with Crippen molar-refractivity contribution in [2.75, 3.05) is 0 Å². The zero-order chi connectivity index (χ0) is 7.15. The maximum Gasteiger partial charge on any atom is 3.00 e. The first-order chi connectivity index (χ1) is 3.46. The minimum Gasteiger partial charge on any atom is -0.356 e. The van der Waals surface area contributed by atoms with Crippen LogP contribution < -0.4 is 0 Å². The van der Waals surface area contributed by atoms with E-state index in [1.807, 2.05) is 0 Å². The Kier molecular flexibility index (Phi) is 35.9. The van der Waals surface area contributed by atoms with Gasteiger partial charge in [0.1, 0.15) is 0 Å². The smallest absolute Gasteiger partial charge is 0.356 e. The molecule has 0 saturated carbocycles. The molecule has 0 unspecified atom stereocenters. The summed E-state index contributed by atoms with van der Waals surface area (Å²) in [4.78, 5) is 16.5. The Labute approximate surface area is 77.9 Å². The van der Waals surface area contributed by atoms with E-state index in [-0.39, 0.29) is 36.8 Å². The van der Waals surface area contributed by atoms with E-state index in [4.69, 9.17) is 30.6 Å². The molecule has 8 nitrogen and oxygen atoms in total. The van der Waals surface area contributed by atoms with E-state index in [0.29, 0.717) is 0 Å². The van der Waals surface area contributed by atoms with Crippen molar-refractivity contribution in [1.29, 1.82) is 0 Å². The van der Waals surface area contributed by atoms with E-state index in [1.165, 1.54) is 0 Å². The Hall–Kier alpha value is -0.444. The van der Waals surface area contributed by atoms with Gasteiger partial charge in [-0.25, -0.2) is 0 Å². The van der Waals surface area contributed by atoms with Crippen LogP contribution in [0, 0.1) is 30.6 Å². The Morgan fingerprint density at radius 2 is 0.800 bits per heavy atom. The van der Waals surface area contributed by atoms with Crippen LogP contribution >= 0.6 is 0 Å². The first-order valence-electron chi connectivity index (χ1n) is 1.10. The van der Waals surface area contributed by atoms with Gasteiger partial charge in [-0.15, -0.1) is 0 Å². The maximum atomic E-state index is 8.25. The van der Waals surface area contributed by atoms with Gasteiger partial charge in [0.05, 0.1) is 10.2 Å². The molecular weight excluding hydrogens is 241 g/mol. The van der Waals surface area contributed by atoms with Gasteiger partial charge in [-0.1, -0.05) is 0 Å². The molecule has 0 fully saturated rings. The first-order valence-corrected chi connectivity index (χ1v) is 1.10. The number of rotatable bonds is 0. The van der Waals surface area contributed by atoms with Gasteiger partial charge >= 0.3 is 36.8 Å². The molecule has 0 rings (SSSR count). The molecule has 0 aromatic rings. The molecule has 0 atom stereocenters. The Morgan fingerprint density at radius 3 is 0.800 bits per heavy atom. The molecular formula is CrN2O6Zn+3. The second kappa shape index (κ2) is 15.8. The molecule has 0 heterocycles. The van der Waals surface area contributed by atoms with Crippen molar-refractivity contribution in [3.63, 3.8) is 0 Å². The van der Waals surface area contributed by atoms with Crippen LogP contribution in [0.25, 0.3) is 0 Å². The topological polar surface area (TPSA) is 132 Å². The van der Waals surface area contributed by atoms with Crippen LogP contribution in [0.4, 0.5) is 0 Å². The van der Waals surface area contributed by atoms with Crippen LogP contribution in [-0.2, 0) is 36.8 Å². The van der Waals surface area contributed by atoms with Gasteiger partial charge in [-0.3, -0.25) is 0 Å². The maximum absolute atomic E-state index is 8.25. The second-order valence-corrected chi connectivity index (χ2v) is 0.447. The van der Waals surface area contributed by atoms with Gasteiger partial charge in [0.2, 0.25) is 0 Å². The molecule has 0 aromatic heterocycles. The minimum absolute atomic E-state index is 0. The summed E-state index contributed by atoms with van der Waals surface area (Å²) in [7, 11) is 0. The second-order valence-electron chi connectivity index (χ2n) is 0.447. The fourth-order valence-corrected chi connectivity index (χ4v) is 0. The molecule has 0 spiro atoms. The third-order valence-corrected chi connectivity index (χ3v) is 0. The van der Waals surface area contributed by atoms with Gasteiger partial charge in [-0.2, -0.15) is 0 Å². The van der Waals surface area contributed by atoms with E-state index in [2.05, 4.69) is 0 Å². The fraction of sp³-hybridized carbons (Fsp3) is 0. The van der Waals surface area contributed by atoms with E-state index in [0.717, 1.165) is 0 Å². The van der Waals surface area contributed by atoms with Crippen LogP contribution in [0.2, 0.25) is 0 Å². The van der Waals surface area contributed by atoms with Crippen molar-refractivity contribution in [3.8, 4) is 0 Å². The Bertz CT molecular complexity index is 73.7. The van der Waals surface area contributed by atoms with Crippen LogP contribution in [0.3, 0.4) is 0 Å². The summed E-state index contributed by atoms with van der Waals surface area (Å²) in [6.45, 7) is 0. The number of hydrogen-bond acceptors (Lipinski definition) is 6. The van der Waals surface area contributed by atoms with Crippen LogP contribution in [-0.4, -0.2) is 10.2 Å². The summed E-state index contributed by atoms with van der Waals surface area (Å²) in [5, 5.41) is 29.5. The predicted octanol–water partition coefficient (Wildman–Crippen LogP) is -0.483. The molecule has 1 radical (unpaired) electrons. The molecule has 0 bridgehead atoms. The summed E-state index contributed by atoms with van der Waals surface area (Å²) in [6.07, 6.45) is 0. The summed E-state index contributed by atoms with van der Waals surface area (Å²) < 4.78 is 0. The molecule has 0 aliphatic heterocycles. The Balaban J connectivity index is -0.0000000300. The summed E-state index contributed by atoms with van der Waals surface area (Å²) in [5.74, 6) is 0. The standard InChI is InChI=1S/Cr.2NO3.Zn/c;2*2-1(3)4;/q+3;2*-1;+2. The van der Waals surface area contributed by atoms with Crippen molar-refractivity contribution in [1.82, 2.24) is 0 Å². The van der Waals surface area contributed by atoms with E-state index >= 15 is 0 Å². The third kappa shape index (κ3) is 1650. The van der Waals surface area contributed by atoms with Crippen molar-refractivity contribution < 1.29 is 47.0 Å². The molecule has 0 aliphatic carbocycles. The normalized spacial score (nSPS) is 4.80. The third-order valence-electron chi connectivity index (χ3n) is 0. The van der Waals surface area contributed by atoms with Crippen LogP contribution in [0.5, 0.6) is 0 Å². The quantitative estimate of drug-likeness (QED) is 0.319.